The molecule has 2 aliphatic heterocycles. The fourth-order valence-corrected chi connectivity index (χ4v) is 6.40. The van der Waals surface area contributed by atoms with Crippen LogP contribution in [0, 0.1) is 16.7 Å². The molecule has 1 aromatic rings. The molecule has 132 valence electrons. The number of likely N-dealkylation sites (tertiary alicyclic amines) is 1. The lowest BCUT2D eigenvalue weighted by Gasteiger charge is -2.46. The molecule has 2 saturated heterocycles. The Balaban J connectivity index is 1.81. The molecule has 3 heterocycles. The van der Waals surface area contributed by atoms with Gasteiger partial charge in [-0.05, 0) is 35.6 Å². The van der Waals surface area contributed by atoms with Crippen LogP contribution in [0.3, 0.4) is 0 Å². The van der Waals surface area contributed by atoms with Crippen molar-refractivity contribution >= 4 is 33.1 Å². The molecule has 24 heavy (non-hydrogen) atoms. The van der Waals surface area contributed by atoms with Crippen molar-refractivity contribution in [1.29, 1.82) is 5.41 Å². The zero-order valence-electron chi connectivity index (χ0n) is 14.0. The summed E-state index contributed by atoms with van der Waals surface area (Å²) >= 11 is 1.24. The Morgan fingerprint density at radius 1 is 1.38 bits per heavy atom. The quantitative estimate of drug-likeness (QED) is 0.888. The molecule has 0 aromatic carbocycles. The van der Waals surface area contributed by atoms with Crippen molar-refractivity contribution < 1.29 is 13.2 Å². The van der Waals surface area contributed by atoms with E-state index in [1.165, 1.54) is 16.2 Å². The molecule has 2 aliphatic rings. The lowest BCUT2D eigenvalue weighted by Crippen LogP contribution is -2.51. The molecule has 1 N–H and O–H groups in total. The minimum absolute atomic E-state index is 0.0491. The highest BCUT2D eigenvalue weighted by Crippen LogP contribution is 2.44. The Morgan fingerprint density at radius 3 is 2.75 bits per heavy atom. The third-order valence-corrected chi connectivity index (χ3v) is 8.60. The van der Waals surface area contributed by atoms with Gasteiger partial charge in [-0.25, -0.2) is 8.42 Å². The number of nitrogens with zero attached hydrogens (tertiary/aromatic N) is 2. The van der Waals surface area contributed by atoms with Crippen LogP contribution in [0.4, 0.5) is 0 Å². The Hall–Kier alpha value is -1.25. The van der Waals surface area contributed by atoms with Gasteiger partial charge in [0.15, 0.2) is 0 Å². The second kappa shape index (κ2) is 6.24. The fraction of sp³-hybridized carbons (Fsp3) is 0.625. The highest BCUT2D eigenvalue weighted by molar-refractivity contribution is 7.91. The van der Waals surface area contributed by atoms with Crippen molar-refractivity contribution in [2.75, 3.05) is 20.1 Å². The molecular weight excluding hydrogens is 346 g/mol. The number of thiophene rings is 1. The van der Waals surface area contributed by atoms with E-state index in [0.29, 0.717) is 36.0 Å². The highest BCUT2D eigenvalue weighted by atomic mass is 32.2. The number of hydrogen-bond acceptors (Lipinski definition) is 5. The summed E-state index contributed by atoms with van der Waals surface area (Å²) in [6, 6.07) is 3.39. The van der Waals surface area contributed by atoms with Gasteiger partial charge < -0.3 is 4.90 Å². The summed E-state index contributed by atoms with van der Waals surface area (Å²) in [5.74, 6) is 0.373. The average Bonchev–Trinajstić information content (AvgIpc) is 3.08. The van der Waals surface area contributed by atoms with Crippen molar-refractivity contribution in [2.45, 2.75) is 36.8 Å². The van der Waals surface area contributed by atoms with Crippen LogP contribution in [0.5, 0.6) is 0 Å². The third kappa shape index (κ3) is 3.02. The first-order valence-corrected chi connectivity index (χ1v) is 10.4. The number of piperidine rings is 2. The Labute approximate surface area is 147 Å². The number of nitrogens with one attached hydrogen (secondary N) is 1. The summed E-state index contributed by atoms with van der Waals surface area (Å²) in [4.78, 5) is 13.6. The van der Waals surface area contributed by atoms with Crippen LogP contribution in [0.15, 0.2) is 21.7 Å². The smallest absolute Gasteiger partial charge is 0.252 e. The molecule has 2 atom stereocenters. The molecule has 1 unspecified atom stereocenters. The number of carbonyl (C=O) groups is 1. The van der Waals surface area contributed by atoms with Gasteiger partial charge in [0.25, 0.3) is 10.0 Å². The molecule has 3 rings (SSSR count). The van der Waals surface area contributed by atoms with Gasteiger partial charge in [0.05, 0.1) is 0 Å². The second-order valence-electron chi connectivity index (χ2n) is 7.04. The molecular formula is C16H23N3O3S2. The van der Waals surface area contributed by atoms with Gasteiger partial charge in [-0.15, -0.1) is 11.3 Å². The summed E-state index contributed by atoms with van der Waals surface area (Å²) in [7, 11) is -1.81. The minimum Gasteiger partial charge on any atom is -0.304 e. The van der Waals surface area contributed by atoms with Gasteiger partial charge in [0.2, 0.25) is 5.91 Å². The first kappa shape index (κ1) is 17.6. The van der Waals surface area contributed by atoms with Gasteiger partial charge in [0.1, 0.15) is 10.0 Å². The number of amides is 1. The number of sulfonamides is 1. The Morgan fingerprint density at radius 2 is 2.12 bits per heavy atom. The molecule has 8 heteroatoms. The number of amidine groups is 1. The van der Waals surface area contributed by atoms with Crippen molar-refractivity contribution in [3.05, 3.63) is 17.5 Å². The normalized spacial score (nSPS) is 29.9. The minimum atomic E-state index is -3.45. The van der Waals surface area contributed by atoms with E-state index in [1.54, 1.807) is 28.9 Å². The zero-order valence-corrected chi connectivity index (χ0v) is 15.6. The lowest BCUT2D eigenvalue weighted by molar-refractivity contribution is -0.131. The van der Waals surface area contributed by atoms with Crippen LogP contribution in [-0.4, -0.2) is 49.5 Å². The van der Waals surface area contributed by atoms with Crippen LogP contribution >= 0.6 is 11.3 Å². The van der Waals surface area contributed by atoms with Gasteiger partial charge >= 0.3 is 0 Å². The van der Waals surface area contributed by atoms with E-state index in [9.17, 15) is 13.2 Å². The van der Waals surface area contributed by atoms with Crippen LogP contribution in [0.2, 0.25) is 0 Å². The maximum absolute atomic E-state index is 12.8. The maximum Gasteiger partial charge on any atom is 0.252 e. The predicted molar refractivity (Wildman–Crippen MR) is 93.6 cm³/mol. The van der Waals surface area contributed by atoms with Crippen molar-refractivity contribution in [3.8, 4) is 0 Å². The summed E-state index contributed by atoms with van der Waals surface area (Å²) in [5.41, 5.74) is -0.343. The van der Waals surface area contributed by atoms with E-state index in [1.807, 2.05) is 6.92 Å². The van der Waals surface area contributed by atoms with Crippen LogP contribution < -0.4 is 0 Å². The topological polar surface area (TPSA) is 81.5 Å². The Kier molecular flexibility index (Phi) is 4.57. The van der Waals surface area contributed by atoms with Crippen LogP contribution in [0.1, 0.15) is 32.6 Å². The molecule has 1 amide bonds. The van der Waals surface area contributed by atoms with Crippen LogP contribution in [0.25, 0.3) is 0 Å². The third-order valence-electron chi connectivity index (χ3n) is 5.36. The summed E-state index contributed by atoms with van der Waals surface area (Å²) in [5, 5.41) is 9.83. The summed E-state index contributed by atoms with van der Waals surface area (Å²) < 4.78 is 27.5. The monoisotopic (exact) mass is 369 g/mol. The van der Waals surface area contributed by atoms with E-state index in [-0.39, 0.29) is 17.2 Å². The van der Waals surface area contributed by atoms with E-state index in [2.05, 4.69) is 0 Å². The largest absolute Gasteiger partial charge is 0.304 e. The molecule has 0 aliphatic carbocycles. The van der Waals surface area contributed by atoms with Gasteiger partial charge in [-0.3, -0.25) is 10.2 Å². The molecule has 0 radical (unpaired) electrons. The zero-order chi connectivity index (χ0) is 17.5. The molecule has 2 fully saturated rings. The molecule has 0 bridgehead atoms. The van der Waals surface area contributed by atoms with Crippen LogP contribution in [-0.2, 0) is 14.8 Å². The second-order valence-corrected chi connectivity index (χ2v) is 10.2. The fourth-order valence-electron chi connectivity index (χ4n) is 3.73. The van der Waals surface area contributed by atoms with E-state index >= 15 is 0 Å². The first-order valence-electron chi connectivity index (χ1n) is 8.12. The molecule has 6 nitrogen and oxygen atoms in total. The number of rotatable bonds is 3. The van der Waals surface area contributed by atoms with Crippen molar-refractivity contribution in [2.24, 2.45) is 11.3 Å². The molecule has 1 aromatic heterocycles. The Bertz CT molecular complexity index is 725. The standard InChI is InChI=1S/C16H23N3O3S2/c1-16(9-13(17)18(2)14(20)10-16)12-5-3-7-19(11-12)24(21,22)15-6-4-8-23-15/h4,6,8,12,17H,3,5,7,9-11H2,1-2H3/t12?,16-/m0/s1. The average molecular weight is 370 g/mol. The van der Waals surface area contributed by atoms with Gasteiger partial charge in [0, 0.05) is 33.0 Å². The summed E-state index contributed by atoms with van der Waals surface area (Å²) in [6.07, 6.45) is 2.59. The number of carbonyl (C=O) groups excluding carboxylic acids is 1. The molecule has 0 spiro atoms. The van der Waals surface area contributed by atoms with E-state index in [4.69, 9.17) is 5.41 Å². The SMILES string of the molecule is CN1C(=N)C[C@](C)(C2CCCN(S(=O)(=O)c3cccs3)C2)CC1=O. The van der Waals surface area contributed by atoms with Crippen molar-refractivity contribution in [1.82, 2.24) is 9.21 Å². The highest BCUT2D eigenvalue weighted by Gasteiger charge is 2.45. The van der Waals surface area contributed by atoms with E-state index < -0.39 is 10.0 Å². The summed E-state index contributed by atoms with van der Waals surface area (Å²) in [6.45, 7) is 2.98. The van der Waals surface area contributed by atoms with Crippen molar-refractivity contribution in [3.63, 3.8) is 0 Å². The predicted octanol–water partition coefficient (Wildman–Crippen LogP) is 2.38. The maximum atomic E-state index is 12.8. The van der Waals surface area contributed by atoms with E-state index in [0.717, 1.165) is 12.8 Å². The lowest BCUT2D eigenvalue weighted by atomic mass is 9.67. The number of hydrogen-bond donors (Lipinski definition) is 1. The first-order chi connectivity index (χ1) is 11.2. The molecule has 0 saturated carbocycles. The van der Waals surface area contributed by atoms with Gasteiger partial charge in [-0.1, -0.05) is 13.0 Å². The van der Waals surface area contributed by atoms with Gasteiger partial charge in [-0.2, -0.15) is 4.31 Å².